The smallest absolute Gasteiger partial charge is 0.271 e. The molecule has 20 heavy (non-hydrogen) atoms. The molecule has 0 aromatic carbocycles. The number of carbonyl (C=O) groups is 1. The molecule has 1 aliphatic heterocycles. The predicted octanol–water partition coefficient (Wildman–Crippen LogP) is 0.366. The fourth-order valence-electron chi connectivity index (χ4n) is 2.39. The topological polar surface area (TPSA) is 96.2 Å². The van der Waals surface area contributed by atoms with Crippen LogP contribution in [-0.2, 0) is 0 Å². The van der Waals surface area contributed by atoms with Crippen LogP contribution in [-0.4, -0.2) is 46.5 Å². The highest BCUT2D eigenvalue weighted by atomic mass is 16.1. The van der Waals surface area contributed by atoms with Crippen molar-refractivity contribution < 1.29 is 4.79 Å². The number of likely N-dealkylation sites (tertiary alicyclic amines) is 1. The molecule has 2 heterocycles. The van der Waals surface area contributed by atoms with Gasteiger partial charge in [0.2, 0.25) is 0 Å². The summed E-state index contributed by atoms with van der Waals surface area (Å²) in [6.45, 7) is 5.13. The molecule has 0 spiro atoms. The molecule has 1 fully saturated rings. The second-order valence-electron chi connectivity index (χ2n) is 5.17. The van der Waals surface area contributed by atoms with E-state index in [1.165, 1.54) is 31.7 Å². The standard InChI is InChI=1S/C13H22N6O/c1-10(9-19-5-3-2-4-6-19)17-13(20)11-7-16-12(18-14)8-15-11/h7-8,10H,2-6,9,14H2,1H3,(H,16,18)(H,17,20). The number of carbonyl (C=O) groups excluding carboxylic acids is 1. The lowest BCUT2D eigenvalue weighted by molar-refractivity contribution is 0.0920. The van der Waals surface area contributed by atoms with Crippen LogP contribution in [0.1, 0.15) is 36.7 Å². The molecular weight excluding hydrogens is 256 g/mol. The van der Waals surface area contributed by atoms with E-state index in [4.69, 9.17) is 5.84 Å². The number of nitrogens with one attached hydrogen (secondary N) is 2. The number of amides is 1. The van der Waals surface area contributed by atoms with Crippen LogP contribution in [0.25, 0.3) is 0 Å². The Balaban J connectivity index is 1.82. The SMILES string of the molecule is CC(CN1CCCCC1)NC(=O)c1cnc(NN)cn1. The van der Waals surface area contributed by atoms with Crippen LogP contribution >= 0.6 is 0 Å². The van der Waals surface area contributed by atoms with E-state index in [2.05, 4.69) is 25.6 Å². The molecule has 2 rings (SSSR count). The highest BCUT2D eigenvalue weighted by Gasteiger charge is 2.16. The quantitative estimate of drug-likeness (QED) is 0.532. The Morgan fingerprint density at radius 3 is 2.70 bits per heavy atom. The van der Waals surface area contributed by atoms with Gasteiger partial charge >= 0.3 is 0 Å². The molecule has 0 bridgehead atoms. The summed E-state index contributed by atoms with van der Waals surface area (Å²) in [4.78, 5) is 22.4. The number of hydrogen-bond donors (Lipinski definition) is 3. The first-order valence-electron chi connectivity index (χ1n) is 7.01. The van der Waals surface area contributed by atoms with Gasteiger partial charge in [-0.1, -0.05) is 6.42 Å². The van der Waals surface area contributed by atoms with Gasteiger partial charge in [-0.05, 0) is 32.9 Å². The van der Waals surface area contributed by atoms with Crippen molar-refractivity contribution >= 4 is 11.7 Å². The average Bonchev–Trinajstić information content (AvgIpc) is 2.48. The van der Waals surface area contributed by atoms with Crippen LogP contribution in [0.2, 0.25) is 0 Å². The minimum absolute atomic E-state index is 0.0923. The monoisotopic (exact) mass is 278 g/mol. The number of anilines is 1. The van der Waals surface area contributed by atoms with Gasteiger partial charge in [-0.25, -0.2) is 15.8 Å². The summed E-state index contributed by atoms with van der Waals surface area (Å²) in [6, 6.07) is 0.0923. The number of hydrazine groups is 1. The lowest BCUT2D eigenvalue weighted by Gasteiger charge is -2.29. The third-order valence-electron chi connectivity index (χ3n) is 3.39. The third kappa shape index (κ3) is 4.14. The number of hydrogen-bond acceptors (Lipinski definition) is 6. The molecule has 1 amide bonds. The maximum absolute atomic E-state index is 12.0. The summed E-state index contributed by atoms with van der Waals surface area (Å²) >= 11 is 0. The van der Waals surface area contributed by atoms with E-state index in [0.29, 0.717) is 11.5 Å². The molecule has 4 N–H and O–H groups in total. The van der Waals surface area contributed by atoms with E-state index in [0.717, 1.165) is 19.6 Å². The molecule has 1 atom stereocenters. The molecule has 1 aromatic heterocycles. The largest absolute Gasteiger partial charge is 0.347 e. The fourth-order valence-corrected chi connectivity index (χ4v) is 2.39. The van der Waals surface area contributed by atoms with E-state index < -0.39 is 0 Å². The Kier molecular flexibility index (Phi) is 5.25. The van der Waals surface area contributed by atoms with Gasteiger partial charge in [-0.3, -0.25) is 4.79 Å². The van der Waals surface area contributed by atoms with Gasteiger partial charge in [0.1, 0.15) is 5.69 Å². The molecule has 0 saturated carbocycles. The molecule has 110 valence electrons. The summed E-state index contributed by atoms with van der Waals surface area (Å²) in [5.74, 6) is 5.43. The van der Waals surface area contributed by atoms with Crippen LogP contribution in [0.4, 0.5) is 5.82 Å². The van der Waals surface area contributed by atoms with Crippen molar-refractivity contribution in [3.05, 3.63) is 18.1 Å². The molecule has 1 aliphatic rings. The van der Waals surface area contributed by atoms with E-state index in [-0.39, 0.29) is 11.9 Å². The summed E-state index contributed by atoms with van der Waals surface area (Å²) in [5.41, 5.74) is 2.68. The van der Waals surface area contributed by atoms with Gasteiger partial charge in [0.15, 0.2) is 5.82 Å². The van der Waals surface area contributed by atoms with E-state index in [1.54, 1.807) is 0 Å². The normalized spacial score (nSPS) is 17.5. The van der Waals surface area contributed by atoms with Gasteiger partial charge in [0, 0.05) is 12.6 Å². The zero-order valence-corrected chi connectivity index (χ0v) is 11.8. The highest BCUT2D eigenvalue weighted by molar-refractivity contribution is 5.92. The first-order valence-corrected chi connectivity index (χ1v) is 7.01. The summed E-state index contributed by atoms with van der Waals surface area (Å²) in [7, 11) is 0. The van der Waals surface area contributed by atoms with E-state index in [1.807, 2.05) is 6.92 Å². The first kappa shape index (κ1) is 14.7. The fraction of sp³-hybridized carbons (Fsp3) is 0.615. The van der Waals surface area contributed by atoms with Crippen LogP contribution in [0.15, 0.2) is 12.4 Å². The molecule has 7 nitrogen and oxygen atoms in total. The zero-order valence-electron chi connectivity index (χ0n) is 11.8. The Morgan fingerprint density at radius 1 is 1.35 bits per heavy atom. The van der Waals surface area contributed by atoms with Crippen molar-refractivity contribution in [2.24, 2.45) is 5.84 Å². The van der Waals surface area contributed by atoms with Crippen molar-refractivity contribution in [2.75, 3.05) is 25.1 Å². The highest BCUT2D eigenvalue weighted by Crippen LogP contribution is 2.09. The lowest BCUT2D eigenvalue weighted by Crippen LogP contribution is -2.43. The van der Waals surface area contributed by atoms with Crippen LogP contribution in [0, 0.1) is 0 Å². The zero-order chi connectivity index (χ0) is 14.4. The first-order chi connectivity index (χ1) is 9.69. The van der Waals surface area contributed by atoms with Crippen LogP contribution in [0.5, 0.6) is 0 Å². The Bertz CT molecular complexity index is 429. The number of piperidine rings is 1. The number of nitrogen functional groups attached to an aromatic ring is 1. The number of nitrogens with zero attached hydrogens (tertiary/aromatic N) is 3. The molecule has 0 aliphatic carbocycles. The Labute approximate surface area is 118 Å². The summed E-state index contributed by atoms with van der Waals surface area (Å²) in [5, 5.41) is 2.95. The average molecular weight is 278 g/mol. The number of nitrogens with two attached hydrogens (primary N) is 1. The molecule has 7 heteroatoms. The van der Waals surface area contributed by atoms with E-state index in [9.17, 15) is 4.79 Å². The van der Waals surface area contributed by atoms with Gasteiger partial charge in [-0.15, -0.1) is 0 Å². The van der Waals surface area contributed by atoms with Gasteiger partial charge in [0.25, 0.3) is 5.91 Å². The summed E-state index contributed by atoms with van der Waals surface area (Å²) in [6.07, 6.45) is 6.66. The van der Waals surface area contributed by atoms with Crippen molar-refractivity contribution in [2.45, 2.75) is 32.2 Å². The molecule has 1 unspecified atom stereocenters. The molecular formula is C13H22N6O. The maximum Gasteiger partial charge on any atom is 0.271 e. The van der Waals surface area contributed by atoms with Crippen LogP contribution < -0.4 is 16.6 Å². The second-order valence-corrected chi connectivity index (χ2v) is 5.17. The molecule has 0 radical (unpaired) electrons. The number of aromatic nitrogens is 2. The Hall–Kier alpha value is -1.73. The minimum atomic E-state index is -0.203. The van der Waals surface area contributed by atoms with Gasteiger partial charge in [0.05, 0.1) is 12.4 Å². The predicted molar refractivity (Wildman–Crippen MR) is 77.1 cm³/mol. The van der Waals surface area contributed by atoms with Crippen molar-refractivity contribution in [3.63, 3.8) is 0 Å². The minimum Gasteiger partial charge on any atom is -0.347 e. The van der Waals surface area contributed by atoms with Crippen LogP contribution in [0.3, 0.4) is 0 Å². The number of rotatable bonds is 5. The maximum atomic E-state index is 12.0. The van der Waals surface area contributed by atoms with Crippen molar-refractivity contribution in [1.29, 1.82) is 0 Å². The lowest BCUT2D eigenvalue weighted by atomic mass is 10.1. The van der Waals surface area contributed by atoms with E-state index >= 15 is 0 Å². The Morgan fingerprint density at radius 2 is 2.10 bits per heavy atom. The molecule has 1 saturated heterocycles. The third-order valence-corrected chi connectivity index (χ3v) is 3.39. The van der Waals surface area contributed by atoms with Crippen molar-refractivity contribution in [1.82, 2.24) is 20.2 Å². The second kappa shape index (κ2) is 7.16. The van der Waals surface area contributed by atoms with Crippen molar-refractivity contribution in [3.8, 4) is 0 Å². The van der Waals surface area contributed by atoms with Gasteiger partial charge in [-0.2, -0.15) is 0 Å². The molecule has 1 aromatic rings. The van der Waals surface area contributed by atoms with Gasteiger partial charge < -0.3 is 15.6 Å². The summed E-state index contributed by atoms with van der Waals surface area (Å²) < 4.78 is 0.